The Labute approximate surface area is 128 Å². The predicted molar refractivity (Wildman–Crippen MR) is 81.6 cm³/mol. The smallest absolute Gasteiger partial charge is 0.257 e. The summed E-state index contributed by atoms with van der Waals surface area (Å²) in [7, 11) is -3.58. The fourth-order valence-electron chi connectivity index (χ4n) is 1.72. The van der Waals surface area contributed by atoms with E-state index in [1.54, 1.807) is 5.51 Å². The molecule has 0 amide bonds. The summed E-state index contributed by atoms with van der Waals surface area (Å²) >= 11 is 1.49. The second kappa shape index (κ2) is 7.12. The lowest BCUT2D eigenvalue weighted by Crippen LogP contribution is -2.28. The molecule has 0 atom stereocenters. The second-order valence-electron chi connectivity index (χ2n) is 4.89. The van der Waals surface area contributed by atoms with Crippen LogP contribution in [0.3, 0.4) is 0 Å². The third kappa shape index (κ3) is 4.60. The van der Waals surface area contributed by atoms with E-state index in [1.165, 1.54) is 17.5 Å². The van der Waals surface area contributed by atoms with E-state index in [0.29, 0.717) is 25.1 Å². The molecule has 21 heavy (non-hydrogen) atoms. The molecule has 0 fully saturated rings. The van der Waals surface area contributed by atoms with E-state index in [0.717, 1.165) is 5.69 Å². The van der Waals surface area contributed by atoms with Crippen molar-refractivity contribution in [2.45, 2.75) is 37.9 Å². The van der Waals surface area contributed by atoms with E-state index < -0.39 is 10.0 Å². The van der Waals surface area contributed by atoms with Crippen LogP contribution < -0.4 is 10.0 Å². The molecule has 0 radical (unpaired) electrons. The monoisotopic (exact) mass is 329 g/mol. The summed E-state index contributed by atoms with van der Waals surface area (Å²) in [6.45, 7) is 4.76. The van der Waals surface area contributed by atoms with E-state index >= 15 is 0 Å². The maximum absolute atomic E-state index is 12.3. The first kappa shape index (κ1) is 16.1. The quantitative estimate of drug-likeness (QED) is 0.668. The third-order valence-electron chi connectivity index (χ3n) is 2.80. The number of aromatic amines is 1. The van der Waals surface area contributed by atoms with Crippen molar-refractivity contribution in [3.8, 4) is 0 Å². The van der Waals surface area contributed by atoms with Crippen molar-refractivity contribution in [1.82, 2.24) is 25.2 Å². The largest absolute Gasteiger partial charge is 0.310 e. The Morgan fingerprint density at radius 1 is 1.43 bits per heavy atom. The van der Waals surface area contributed by atoms with Gasteiger partial charge in [0.15, 0.2) is 5.03 Å². The second-order valence-corrected chi connectivity index (χ2v) is 7.31. The molecular weight excluding hydrogens is 310 g/mol. The fourth-order valence-corrected chi connectivity index (χ4v) is 3.47. The highest BCUT2D eigenvalue weighted by atomic mass is 32.2. The Hall–Kier alpha value is -1.29. The van der Waals surface area contributed by atoms with Crippen molar-refractivity contribution >= 4 is 21.4 Å². The zero-order valence-corrected chi connectivity index (χ0v) is 13.6. The van der Waals surface area contributed by atoms with Crippen molar-refractivity contribution in [3.63, 3.8) is 0 Å². The van der Waals surface area contributed by atoms with Gasteiger partial charge in [0, 0.05) is 36.5 Å². The van der Waals surface area contributed by atoms with Crippen molar-refractivity contribution in [3.05, 3.63) is 28.3 Å². The molecule has 2 aromatic rings. The molecule has 9 heteroatoms. The first-order chi connectivity index (χ1) is 9.99. The van der Waals surface area contributed by atoms with Gasteiger partial charge in [0.05, 0.1) is 17.4 Å². The molecule has 2 heterocycles. The summed E-state index contributed by atoms with van der Waals surface area (Å²) in [6.07, 6.45) is 2.10. The van der Waals surface area contributed by atoms with E-state index in [9.17, 15) is 8.42 Å². The molecule has 0 unspecified atom stereocenters. The number of nitrogens with one attached hydrogen (secondary N) is 3. The summed E-state index contributed by atoms with van der Waals surface area (Å²) in [5.74, 6) is 0. The van der Waals surface area contributed by atoms with Gasteiger partial charge in [-0.1, -0.05) is 13.8 Å². The van der Waals surface area contributed by atoms with Gasteiger partial charge in [0.2, 0.25) is 0 Å². The molecule has 0 spiro atoms. The first-order valence-electron chi connectivity index (χ1n) is 6.61. The van der Waals surface area contributed by atoms with E-state index in [-0.39, 0.29) is 11.1 Å². The molecule has 0 bridgehead atoms. The van der Waals surface area contributed by atoms with Gasteiger partial charge in [-0.25, -0.2) is 18.1 Å². The van der Waals surface area contributed by atoms with E-state index in [2.05, 4.69) is 25.2 Å². The zero-order chi connectivity index (χ0) is 15.3. The number of H-pyrrole nitrogens is 1. The highest BCUT2D eigenvalue weighted by molar-refractivity contribution is 7.89. The van der Waals surface area contributed by atoms with Crippen LogP contribution in [0.2, 0.25) is 0 Å². The van der Waals surface area contributed by atoms with Crippen LogP contribution in [-0.2, 0) is 23.0 Å². The van der Waals surface area contributed by atoms with Gasteiger partial charge in [0.1, 0.15) is 0 Å². The Morgan fingerprint density at radius 2 is 2.24 bits per heavy atom. The number of hydrogen-bond donors (Lipinski definition) is 3. The molecule has 0 aliphatic heterocycles. The average molecular weight is 329 g/mol. The topological polar surface area (TPSA) is 99.8 Å². The van der Waals surface area contributed by atoms with Crippen molar-refractivity contribution in [2.75, 3.05) is 6.54 Å². The van der Waals surface area contributed by atoms with Crippen LogP contribution in [0.1, 0.15) is 25.1 Å². The van der Waals surface area contributed by atoms with Crippen LogP contribution in [0.25, 0.3) is 0 Å². The summed E-state index contributed by atoms with van der Waals surface area (Å²) in [5, 5.41) is 11.6. The minimum absolute atomic E-state index is 0.119. The molecule has 0 aliphatic rings. The molecule has 0 aliphatic carbocycles. The summed E-state index contributed by atoms with van der Waals surface area (Å²) in [6, 6.07) is 0.271. The molecular formula is C12H19N5O2S2. The maximum atomic E-state index is 12.3. The predicted octanol–water partition coefficient (Wildman–Crippen LogP) is 0.885. The first-order valence-corrected chi connectivity index (χ1v) is 9.04. The van der Waals surface area contributed by atoms with Crippen molar-refractivity contribution in [1.29, 1.82) is 0 Å². The van der Waals surface area contributed by atoms with Gasteiger partial charge in [-0.3, -0.25) is 5.10 Å². The Kier molecular flexibility index (Phi) is 5.45. The van der Waals surface area contributed by atoms with Crippen molar-refractivity contribution < 1.29 is 8.42 Å². The van der Waals surface area contributed by atoms with Gasteiger partial charge < -0.3 is 5.32 Å². The van der Waals surface area contributed by atoms with Crippen LogP contribution in [0.5, 0.6) is 0 Å². The number of sulfonamides is 1. The number of rotatable bonds is 8. The lowest BCUT2D eigenvalue weighted by atomic mass is 10.3. The Morgan fingerprint density at radius 3 is 2.90 bits per heavy atom. The SMILES string of the molecule is CC(C)NCc1cn[nH]c1S(=O)(=O)NCCc1cscn1. The number of nitrogens with zero attached hydrogens (tertiary/aromatic N) is 2. The standard InChI is InChI=1S/C12H19N5O2S2/c1-9(2)13-5-10-6-15-17-12(10)21(18,19)16-4-3-11-7-20-8-14-11/h6-9,13,16H,3-5H2,1-2H3,(H,15,17). The van der Waals surface area contributed by atoms with Gasteiger partial charge in [-0.2, -0.15) is 5.10 Å². The number of thiazole rings is 1. The van der Waals surface area contributed by atoms with Crippen LogP contribution in [0, 0.1) is 0 Å². The maximum Gasteiger partial charge on any atom is 0.257 e. The lowest BCUT2D eigenvalue weighted by Gasteiger charge is -2.09. The summed E-state index contributed by atoms with van der Waals surface area (Å²) in [5.41, 5.74) is 3.24. The minimum atomic E-state index is -3.58. The molecule has 7 nitrogen and oxygen atoms in total. The molecule has 3 N–H and O–H groups in total. The molecule has 0 aromatic carbocycles. The van der Waals surface area contributed by atoms with Gasteiger partial charge >= 0.3 is 0 Å². The molecule has 116 valence electrons. The Balaban J connectivity index is 1.97. The molecule has 0 saturated carbocycles. The zero-order valence-electron chi connectivity index (χ0n) is 12.0. The van der Waals surface area contributed by atoms with Gasteiger partial charge in [-0.05, 0) is 0 Å². The number of aromatic nitrogens is 3. The molecule has 2 rings (SSSR count). The lowest BCUT2D eigenvalue weighted by molar-refractivity contribution is 0.564. The highest BCUT2D eigenvalue weighted by Gasteiger charge is 2.20. The number of hydrogen-bond acceptors (Lipinski definition) is 6. The highest BCUT2D eigenvalue weighted by Crippen LogP contribution is 2.12. The minimum Gasteiger partial charge on any atom is -0.310 e. The molecule has 0 saturated heterocycles. The van der Waals surface area contributed by atoms with Crippen LogP contribution in [0.4, 0.5) is 0 Å². The normalized spacial score (nSPS) is 12.1. The van der Waals surface area contributed by atoms with E-state index in [4.69, 9.17) is 0 Å². The van der Waals surface area contributed by atoms with Crippen LogP contribution in [-0.4, -0.2) is 36.2 Å². The van der Waals surface area contributed by atoms with Crippen LogP contribution >= 0.6 is 11.3 Å². The van der Waals surface area contributed by atoms with Crippen molar-refractivity contribution in [2.24, 2.45) is 0 Å². The van der Waals surface area contributed by atoms with Gasteiger partial charge in [-0.15, -0.1) is 11.3 Å². The van der Waals surface area contributed by atoms with E-state index in [1.807, 2.05) is 19.2 Å². The molecule has 2 aromatic heterocycles. The summed E-state index contributed by atoms with van der Waals surface area (Å²) < 4.78 is 27.1. The third-order valence-corrected chi connectivity index (χ3v) is 4.91. The van der Waals surface area contributed by atoms with Gasteiger partial charge in [0.25, 0.3) is 10.0 Å². The Bertz CT molecular complexity index is 649. The average Bonchev–Trinajstić information content (AvgIpc) is 3.07. The van der Waals surface area contributed by atoms with Crippen LogP contribution in [0.15, 0.2) is 22.1 Å². The fraction of sp³-hybridized carbons (Fsp3) is 0.500. The summed E-state index contributed by atoms with van der Waals surface area (Å²) in [4.78, 5) is 4.12.